The molecule has 0 amide bonds. The molecular formula is C86H168O17P2. The second-order valence-corrected chi connectivity index (χ2v) is 35.0. The van der Waals surface area contributed by atoms with Gasteiger partial charge < -0.3 is 33.8 Å². The van der Waals surface area contributed by atoms with Crippen LogP contribution >= 0.6 is 15.6 Å². The van der Waals surface area contributed by atoms with E-state index in [2.05, 4.69) is 48.5 Å². The van der Waals surface area contributed by atoms with Crippen LogP contribution in [0.5, 0.6) is 0 Å². The fraction of sp³-hybridized carbons (Fsp3) is 0.953. The van der Waals surface area contributed by atoms with E-state index in [1.807, 2.05) is 0 Å². The Bertz CT molecular complexity index is 2030. The molecule has 0 aliphatic rings. The minimum absolute atomic E-state index is 0.106. The zero-order chi connectivity index (χ0) is 77.2. The van der Waals surface area contributed by atoms with Crippen molar-refractivity contribution in [3.63, 3.8) is 0 Å². The molecule has 0 bridgehead atoms. The average Bonchev–Trinajstić information content (AvgIpc) is 0.922. The molecule has 3 unspecified atom stereocenters. The first-order valence-corrected chi connectivity index (χ1v) is 47.4. The van der Waals surface area contributed by atoms with Crippen LogP contribution in [0.2, 0.25) is 0 Å². The van der Waals surface area contributed by atoms with Gasteiger partial charge >= 0.3 is 39.5 Å². The summed E-state index contributed by atoms with van der Waals surface area (Å²) in [5, 5.41) is 10.7. The lowest BCUT2D eigenvalue weighted by molar-refractivity contribution is -0.161. The number of rotatable bonds is 84. The SMILES string of the molecule is CCCCCCCCCCCCCCCCCCCCCCCCC(=O)O[C@H](COC(=O)CCCCCCCCCCCCCCCC(C)C)COP(=O)(O)OC[C@@H](O)COP(=O)(O)OC[C@@H](COC(=O)CCCCCCCCCCCCC(C)C)OC(=O)CCCCCCCCCCCCC(C)CC. The van der Waals surface area contributed by atoms with Crippen LogP contribution in [0, 0.1) is 17.8 Å². The summed E-state index contributed by atoms with van der Waals surface area (Å²) in [4.78, 5) is 73.2. The van der Waals surface area contributed by atoms with Crippen molar-refractivity contribution in [2.75, 3.05) is 39.6 Å². The third-order valence-electron chi connectivity index (χ3n) is 20.5. The molecule has 0 saturated heterocycles. The zero-order valence-corrected chi connectivity index (χ0v) is 71.0. The van der Waals surface area contributed by atoms with Crippen molar-refractivity contribution in [3.8, 4) is 0 Å². The molecule has 19 heteroatoms. The fourth-order valence-corrected chi connectivity index (χ4v) is 14.9. The van der Waals surface area contributed by atoms with Crippen LogP contribution in [0.3, 0.4) is 0 Å². The van der Waals surface area contributed by atoms with E-state index in [1.54, 1.807) is 0 Å². The van der Waals surface area contributed by atoms with E-state index in [-0.39, 0.29) is 25.7 Å². The van der Waals surface area contributed by atoms with Gasteiger partial charge in [-0.25, -0.2) is 9.13 Å². The number of phosphoric acid groups is 2. The van der Waals surface area contributed by atoms with Crippen LogP contribution in [-0.2, 0) is 65.4 Å². The first-order chi connectivity index (χ1) is 50.8. The first-order valence-electron chi connectivity index (χ1n) is 44.4. The van der Waals surface area contributed by atoms with Crippen LogP contribution in [0.4, 0.5) is 0 Å². The van der Waals surface area contributed by atoms with Gasteiger partial charge in [-0.2, -0.15) is 0 Å². The van der Waals surface area contributed by atoms with Crippen molar-refractivity contribution in [1.29, 1.82) is 0 Å². The predicted molar refractivity (Wildman–Crippen MR) is 432 cm³/mol. The molecule has 0 saturated carbocycles. The second-order valence-electron chi connectivity index (χ2n) is 32.1. The molecule has 0 aromatic heterocycles. The maximum atomic E-state index is 13.1. The van der Waals surface area contributed by atoms with E-state index < -0.39 is 97.5 Å². The number of aliphatic hydroxyl groups excluding tert-OH is 1. The Labute approximate surface area is 645 Å². The van der Waals surface area contributed by atoms with Gasteiger partial charge in [-0.3, -0.25) is 37.3 Å². The Morgan fingerprint density at radius 3 is 0.724 bits per heavy atom. The maximum Gasteiger partial charge on any atom is 0.472 e. The van der Waals surface area contributed by atoms with E-state index in [9.17, 15) is 43.2 Å². The highest BCUT2D eigenvalue weighted by molar-refractivity contribution is 7.47. The van der Waals surface area contributed by atoms with Crippen LogP contribution in [0.1, 0.15) is 453 Å². The van der Waals surface area contributed by atoms with Crippen molar-refractivity contribution < 1.29 is 80.2 Å². The highest BCUT2D eigenvalue weighted by atomic mass is 31.2. The minimum Gasteiger partial charge on any atom is -0.462 e. The van der Waals surface area contributed by atoms with Gasteiger partial charge in [0.25, 0.3) is 0 Å². The molecule has 3 N–H and O–H groups in total. The highest BCUT2D eigenvalue weighted by Crippen LogP contribution is 2.45. The summed E-state index contributed by atoms with van der Waals surface area (Å²) in [5.74, 6) is 0.247. The standard InChI is InChI=1S/C86H168O17P2/c1-8-10-11-12-13-14-15-16-17-18-19-20-21-22-23-24-27-31-41-48-55-62-69-85(90)102-81(73-96-83(88)67-60-53-46-39-30-28-25-26-29-36-43-50-57-64-77(3)4)75-100-104(92,93)98-71-80(87)72-99-105(94,95)101-76-82(74-97-84(89)68-61-54-47-40-34-32-37-44-51-58-65-78(5)6)103-86(91)70-63-56-49-42-35-33-38-45-52-59-66-79(7)9-2/h77-82,87H,8-76H2,1-7H3,(H,92,93)(H,94,95)/t79?,80-,81-,82-/m1/s1. The summed E-state index contributed by atoms with van der Waals surface area (Å²) in [5.41, 5.74) is 0. The molecule has 0 aliphatic carbocycles. The molecule has 6 atom stereocenters. The van der Waals surface area contributed by atoms with Gasteiger partial charge in [-0.15, -0.1) is 0 Å². The monoisotopic (exact) mass is 1540 g/mol. The van der Waals surface area contributed by atoms with Crippen LogP contribution in [-0.4, -0.2) is 96.7 Å². The molecular weight excluding hydrogens is 1370 g/mol. The van der Waals surface area contributed by atoms with Gasteiger partial charge in [0.05, 0.1) is 26.4 Å². The highest BCUT2D eigenvalue weighted by Gasteiger charge is 2.30. The van der Waals surface area contributed by atoms with Gasteiger partial charge in [0.2, 0.25) is 0 Å². The maximum absolute atomic E-state index is 13.1. The van der Waals surface area contributed by atoms with Crippen LogP contribution in [0.25, 0.3) is 0 Å². The number of ether oxygens (including phenoxy) is 4. The molecule has 0 radical (unpaired) electrons. The Kier molecular flexibility index (Phi) is 74.7. The normalized spacial score (nSPS) is 14.1. The second kappa shape index (κ2) is 76.1. The molecule has 0 heterocycles. The number of unbranched alkanes of at least 4 members (excludes halogenated alkanes) is 51. The fourth-order valence-electron chi connectivity index (χ4n) is 13.3. The van der Waals surface area contributed by atoms with Gasteiger partial charge in [-0.05, 0) is 43.4 Å². The van der Waals surface area contributed by atoms with E-state index in [0.717, 1.165) is 108 Å². The molecule has 0 rings (SSSR count). The average molecular weight is 1540 g/mol. The topological polar surface area (TPSA) is 237 Å². The first kappa shape index (κ1) is 103. The number of carbonyl (C=O) groups excluding carboxylic acids is 4. The van der Waals surface area contributed by atoms with E-state index in [0.29, 0.717) is 25.7 Å². The molecule has 624 valence electrons. The number of carbonyl (C=O) groups is 4. The van der Waals surface area contributed by atoms with Crippen LogP contribution in [0.15, 0.2) is 0 Å². The van der Waals surface area contributed by atoms with Crippen molar-refractivity contribution in [2.45, 2.75) is 471 Å². The van der Waals surface area contributed by atoms with Gasteiger partial charge in [0.1, 0.15) is 19.3 Å². The van der Waals surface area contributed by atoms with Crippen molar-refractivity contribution in [3.05, 3.63) is 0 Å². The lowest BCUT2D eigenvalue weighted by atomic mass is 9.99. The zero-order valence-electron chi connectivity index (χ0n) is 69.2. The summed E-state index contributed by atoms with van der Waals surface area (Å²) >= 11 is 0. The van der Waals surface area contributed by atoms with E-state index in [1.165, 1.54) is 263 Å². The molecule has 0 aromatic carbocycles. The van der Waals surface area contributed by atoms with Crippen LogP contribution < -0.4 is 0 Å². The largest absolute Gasteiger partial charge is 0.472 e. The Morgan fingerprint density at radius 2 is 0.486 bits per heavy atom. The Hall–Kier alpha value is -1.94. The smallest absolute Gasteiger partial charge is 0.462 e. The lowest BCUT2D eigenvalue weighted by Crippen LogP contribution is -2.30. The van der Waals surface area contributed by atoms with E-state index >= 15 is 0 Å². The number of hydrogen-bond donors (Lipinski definition) is 3. The molecule has 0 spiro atoms. The van der Waals surface area contributed by atoms with E-state index in [4.69, 9.17) is 37.0 Å². The number of esters is 4. The molecule has 105 heavy (non-hydrogen) atoms. The number of phosphoric ester groups is 2. The Morgan fingerprint density at radius 1 is 0.276 bits per heavy atom. The third-order valence-corrected chi connectivity index (χ3v) is 22.4. The Balaban J connectivity index is 5.25. The third kappa shape index (κ3) is 78.5. The summed E-state index contributed by atoms with van der Waals surface area (Å²) in [6.07, 6.45) is 66.6. The molecule has 17 nitrogen and oxygen atoms in total. The summed E-state index contributed by atoms with van der Waals surface area (Å²) < 4.78 is 68.9. The molecule has 0 aliphatic heterocycles. The number of aliphatic hydroxyl groups is 1. The number of hydrogen-bond acceptors (Lipinski definition) is 15. The van der Waals surface area contributed by atoms with Crippen molar-refractivity contribution in [1.82, 2.24) is 0 Å². The predicted octanol–water partition coefficient (Wildman–Crippen LogP) is 26.1. The van der Waals surface area contributed by atoms with Crippen molar-refractivity contribution in [2.24, 2.45) is 17.8 Å². The van der Waals surface area contributed by atoms with Crippen molar-refractivity contribution >= 4 is 39.5 Å². The van der Waals surface area contributed by atoms with Gasteiger partial charge in [0, 0.05) is 25.7 Å². The lowest BCUT2D eigenvalue weighted by Gasteiger charge is -2.21. The summed E-state index contributed by atoms with van der Waals surface area (Å²) in [6.45, 7) is 12.0. The summed E-state index contributed by atoms with van der Waals surface area (Å²) in [6, 6.07) is 0. The molecule has 0 fully saturated rings. The molecule has 0 aromatic rings. The summed E-state index contributed by atoms with van der Waals surface area (Å²) in [7, 11) is -9.93. The minimum atomic E-state index is -4.97. The van der Waals surface area contributed by atoms with Gasteiger partial charge in [0.15, 0.2) is 12.2 Å². The quantitative estimate of drug-likeness (QED) is 0.0222. The van der Waals surface area contributed by atoms with Gasteiger partial charge in [-0.1, -0.05) is 402 Å².